The zero-order valence-electron chi connectivity index (χ0n) is 11.2. The summed E-state index contributed by atoms with van der Waals surface area (Å²) < 4.78 is 4.92. The molecule has 0 bridgehead atoms. The summed E-state index contributed by atoms with van der Waals surface area (Å²) in [5.74, 6) is 0.132. The topological polar surface area (TPSA) is 46.5 Å². The van der Waals surface area contributed by atoms with Crippen LogP contribution < -0.4 is 0 Å². The third kappa shape index (κ3) is 4.78. The average Bonchev–Trinajstić information content (AvgIpc) is 2.35. The Bertz CT molecular complexity index is 385. The molecule has 0 saturated carbocycles. The van der Waals surface area contributed by atoms with E-state index in [1.807, 2.05) is 13.0 Å². The van der Waals surface area contributed by atoms with Gasteiger partial charge in [-0.3, -0.25) is 4.79 Å². The summed E-state index contributed by atoms with van der Waals surface area (Å²) in [6.07, 6.45) is 4.24. The van der Waals surface area contributed by atoms with Crippen LogP contribution >= 0.6 is 0 Å². The monoisotopic (exact) mass is 250 g/mol. The van der Waals surface area contributed by atoms with Gasteiger partial charge < -0.3 is 9.84 Å². The zero-order chi connectivity index (χ0) is 13.4. The second kappa shape index (κ2) is 7.75. The SMILES string of the molecule is CCCCc1cc(O)ccc1CCC(=O)OCC. The summed E-state index contributed by atoms with van der Waals surface area (Å²) in [4.78, 5) is 11.3. The van der Waals surface area contributed by atoms with Crippen molar-refractivity contribution in [3.05, 3.63) is 29.3 Å². The van der Waals surface area contributed by atoms with E-state index < -0.39 is 0 Å². The van der Waals surface area contributed by atoms with Crippen molar-refractivity contribution >= 4 is 5.97 Å². The number of carbonyl (C=O) groups excluding carboxylic acids is 1. The van der Waals surface area contributed by atoms with Crippen LogP contribution in [0.3, 0.4) is 0 Å². The maximum atomic E-state index is 11.3. The molecule has 1 N–H and O–H groups in total. The number of phenols is 1. The molecular weight excluding hydrogens is 228 g/mol. The van der Waals surface area contributed by atoms with Gasteiger partial charge in [-0.25, -0.2) is 0 Å². The standard InChI is InChI=1S/C15H22O3/c1-3-5-6-13-11-14(16)9-7-12(13)8-10-15(17)18-4-2/h7,9,11,16H,3-6,8,10H2,1-2H3. The Hall–Kier alpha value is -1.51. The third-order valence-corrected chi connectivity index (χ3v) is 2.89. The molecule has 0 unspecified atom stereocenters. The minimum atomic E-state index is -0.160. The van der Waals surface area contributed by atoms with Crippen molar-refractivity contribution in [3.63, 3.8) is 0 Å². The van der Waals surface area contributed by atoms with E-state index in [-0.39, 0.29) is 5.97 Å². The number of aromatic hydroxyl groups is 1. The van der Waals surface area contributed by atoms with Crippen LogP contribution in [0.15, 0.2) is 18.2 Å². The van der Waals surface area contributed by atoms with Gasteiger partial charge in [0, 0.05) is 6.42 Å². The second-order valence-electron chi connectivity index (χ2n) is 4.36. The van der Waals surface area contributed by atoms with Gasteiger partial charge in [-0.2, -0.15) is 0 Å². The van der Waals surface area contributed by atoms with Gasteiger partial charge in [0.2, 0.25) is 0 Å². The summed E-state index contributed by atoms with van der Waals surface area (Å²) in [7, 11) is 0. The lowest BCUT2D eigenvalue weighted by Crippen LogP contribution is -2.06. The van der Waals surface area contributed by atoms with E-state index in [1.54, 1.807) is 12.1 Å². The van der Waals surface area contributed by atoms with Gasteiger partial charge in [-0.1, -0.05) is 19.4 Å². The summed E-state index contributed by atoms with van der Waals surface area (Å²) in [6.45, 7) is 4.38. The molecule has 0 fully saturated rings. The molecule has 0 atom stereocenters. The second-order valence-corrected chi connectivity index (χ2v) is 4.36. The average molecular weight is 250 g/mol. The molecule has 0 amide bonds. The van der Waals surface area contributed by atoms with Crippen molar-refractivity contribution in [1.29, 1.82) is 0 Å². The summed E-state index contributed by atoms with van der Waals surface area (Å²) in [5, 5.41) is 9.51. The highest BCUT2D eigenvalue weighted by Gasteiger charge is 2.07. The van der Waals surface area contributed by atoms with E-state index in [0.717, 1.165) is 30.4 Å². The van der Waals surface area contributed by atoms with E-state index in [2.05, 4.69) is 6.92 Å². The van der Waals surface area contributed by atoms with Gasteiger partial charge in [0.25, 0.3) is 0 Å². The lowest BCUT2D eigenvalue weighted by atomic mass is 9.98. The normalized spacial score (nSPS) is 10.3. The minimum Gasteiger partial charge on any atom is -0.508 e. The lowest BCUT2D eigenvalue weighted by molar-refractivity contribution is -0.143. The molecule has 100 valence electrons. The third-order valence-electron chi connectivity index (χ3n) is 2.89. The fourth-order valence-electron chi connectivity index (χ4n) is 1.93. The molecule has 0 saturated heterocycles. The number of rotatable bonds is 7. The van der Waals surface area contributed by atoms with Crippen LogP contribution in [0.2, 0.25) is 0 Å². The Kier molecular flexibility index (Phi) is 6.26. The Morgan fingerprint density at radius 3 is 2.67 bits per heavy atom. The Balaban J connectivity index is 2.65. The van der Waals surface area contributed by atoms with Crippen LogP contribution in [-0.4, -0.2) is 17.7 Å². The number of unbranched alkanes of at least 4 members (excludes halogenated alkanes) is 1. The molecule has 1 aromatic carbocycles. The number of carbonyl (C=O) groups is 1. The fraction of sp³-hybridized carbons (Fsp3) is 0.533. The van der Waals surface area contributed by atoms with Gasteiger partial charge in [-0.15, -0.1) is 0 Å². The largest absolute Gasteiger partial charge is 0.508 e. The summed E-state index contributed by atoms with van der Waals surface area (Å²) >= 11 is 0. The van der Waals surface area contributed by atoms with Crippen LogP contribution in [0.5, 0.6) is 5.75 Å². The first-order valence-electron chi connectivity index (χ1n) is 6.63. The van der Waals surface area contributed by atoms with E-state index in [4.69, 9.17) is 4.74 Å². The van der Waals surface area contributed by atoms with Crippen LogP contribution in [0.4, 0.5) is 0 Å². The van der Waals surface area contributed by atoms with Crippen molar-refractivity contribution in [2.24, 2.45) is 0 Å². The van der Waals surface area contributed by atoms with E-state index in [0.29, 0.717) is 25.2 Å². The number of hydrogen-bond donors (Lipinski definition) is 1. The first kappa shape index (κ1) is 14.6. The smallest absolute Gasteiger partial charge is 0.306 e. The minimum absolute atomic E-state index is 0.160. The summed E-state index contributed by atoms with van der Waals surface area (Å²) in [5.41, 5.74) is 2.27. The summed E-state index contributed by atoms with van der Waals surface area (Å²) in [6, 6.07) is 5.38. The molecule has 1 rings (SSSR count). The number of hydrogen-bond acceptors (Lipinski definition) is 3. The molecule has 0 aromatic heterocycles. The van der Waals surface area contributed by atoms with E-state index >= 15 is 0 Å². The maximum Gasteiger partial charge on any atom is 0.306 e. The highest BCUT2D eigenvalue weighted by atomic mass is 16.5. The number of ether oxygens (including phenoxy) is 1. The van der Waals surface area contributed by atoms with Crippen LogP contribution in [0.1, 0.15) is 44.2 Å². The quantitative estimate of drug-likeness (QED) is 0.756. The van der Waals surface area contributed by atoms with Gasteiger partial charge in [-0.05, 0) is 49.4 Å². The molecule has 3 heteroatoms. The van der Waals surface area contributed by atoms with Crippen LogP contribution in [-0.2, 0) is 22.4 Å². The Labute approximate surface area is 109 Å². The van der Waals surface area contributed by atoms with Crippen molar-refractivity contribution < 1.29 is 14.6 Å². The molecule has 0 aliphatic heterocycles. The highest BCUT2D eigenvalue weighted by molar-refractivity contribution is 5.69. The van der Waals surface area contributed by atoms with E-state index in [1.165, 1.54) is 0 Å². The van der Waals surface area contributed by atoms with Crippen molar-refractivity contribution in [3.8, 4) is 5.75 Å². The van der Waals surface area contributed by atoms with Crippen LogP contribution in [0, 0.1) is 0 Å². The molecule has 3 nitrogen and oxygen atoms in total. The zero-order valence-corrected chi connectivity index (χ0v) is 11.2. The molecule has 0 aliphatic carbocycles. The highest BCUT2D eigenvalue weighted by Crippen LogP contribution is 2.20. The van der Waals surface area contributed by atoms with Crippen LogP contribution in [0.25, 0.3) is 0 Å². The van der Waals surface area contributed by atoms with Crippen molar-refractivity contribution in [2.75, 3.05) is 6.61 Å². The van der Waals surface area contributed by atoms with Gasteiger partial charge in [0.15, 0.2) is 0 Å². The predicted molar refractivity (Wildman–Crippen MR) is 71.7 cm³/mol. The lowest BCUT2D eigenvalue weighted by Gasteiger charge is -2.09. The number of aryl methyl sites for hydroxylation is 2. The molecule has 0 aliphatic rings. The number of esters is 1. The number of phenolic OH excluding ortho intramolecular Hbond substituents is 1. The van der Waals surface area contributed by atoms with E-state index in [9.17, 15) is 9.90 Å². The molecular formula is C15H22O3. The van der Waals surface area contributed by atoms with Gasteiger partial charge in [0.1, 0.15) is 5.75 Å². The molecule has 0 spiro atoms. The van der Waals surface area contributed by atoms with Crippen molar-refractivity contribution in [2.45, 2.75) is 46.0 Å². The maximum absolute atomic E-state index is 11.3. The fourth-order valence-corrected chi connectivity index (χ4v) is 1.93. The molecule has 0 heterocycles. The molecule has 1 aromatic rings. The van der Waals surface area contributed by atoms with Gasteiger partial charge in [0.05, 0.1) is 6.61 Å². The molecule has 18 heavy (non-hydrogen) atoms. The first-order valence-corrected chi connectivity index (χ1v) is 6.63. The number of benzene rings is 1. The Morgan fingerprint density at radius 1 is 1.22 bits per heavy atom. The van der Waals surface area contributed by atoms with Crippen molar-refractivity contribution in [1.82, 2.24) is 0 Å². The van der Waals surface area contributed by atoms with Gasteiger partial charge >= 0.3 is 5.97 Å². The predicted octanol–water partition coefficient (Wildman–Crippen LogP) is 3.23. The Morgan fingerprint density at radius 2 is 2.00 bits per heavy atom. The first-order chi connectivity index (χ1) is 8.67. The molecule has 0 radical (unpaired) electrons.